The first-order chi connectivity index (χ1) is 8.58. The quantitative estimate of drug-likeness (QED) is 0.455. The fourth-order valence-electron chi connectivity index (χ4n) is 1.86. The van der Waals surface area contributed by atoms with Crippen molar-refractivity contribution >= 4 is 11.6 Å². The Bertz CT molecular complexity index is 493. The Balaban J connectivity index is 1.88. The van der Waals surface area contributed by atoms with Gasteiger partial charge in [0.1, 0.15) is 0 Å². The SMILES string of the molecule is C=C(CCc1ccc([N+](=O)[O-])cc1)N1CCC1=O. The van der Waals surface area contributed by atoms with Crippen LogP contribution in [-0.2, 0) is 11.2 Å². The van der Waals surface area contributed by atoms with Crippen molar-refractivity contribution in [3.05, 3.63) is 52.2 Å². The second kappa shape index (κ2) is 5.00. The van der Waals surface area contributed by atoms with Crippen molar-refractivity contribution in [2.24, 2.45) is 0 Å². The Morgan fingerprint density at radius 1 is 1.39 bits per heavy atom. The minimum atomic E-state index is -0.415. The van der Waals surface area contributed by atoms with Crippen LogP contribution >= 0.6 is 0 Å². The summed E-state index contributed by atoms with van der Waals surface area (Å²) in [5.41, 5.74) is 1.93. The molecule has 1 saturated heterocycles. The van der Waals surface area contributed by atoms with Crippen molar-refractivity contribution in [2.75, 3.05) is 6.54 Å². The molecule has 94 valence electrons. The number of nitro groups is 1. The van der Waals surface area contributed by atoms with E-state index >= 15 is 0 Å². The molecule has 0 unspecified atom stereocenters. The summed E-state index contributed by atoms with van der Waals surface area (Å²) in [4.78, 5) is 23.0. The Morgan fingerprint density at radius 2 is 2.06 bits per heavy atom. The number of amides is 1. The first-order valence-corrected chi connectivity index (χ1v) is 5.79. The molecule has 0 spiro atoms. The molecule has 1 aliphatic heterocycles. The van der Waals surface area contributed by atoms with Gasteiger partial charge in [-0.1, -0.05) is 18.7 Å². The first kappa shape index (κ1) is 12.3. The number of hydrogen-bond donors (Lipinski definition) is 0. The van der Waals surface area contributed by atoms with Crippen molar-refractivity contribution < 1.29 is 9.72 Å². The molecule has 0 N–H and O–H groups in total. The number of carbonyl (C=O) groups is 1. The van der Waals surface area contributed by atoms with Crippen molar-refractivity contribution in [3.8, 4) is 0 Å². The van der Waals surface area contributed by atoms with Crippen LogP contribution < -0.4 is 0 Å². The summed E-state index contributed by atoms with van der Waals surface area (Å²) in [5.74, 6) is 0.128. The third-order valence-electron chi connectivity index (χ3n) is 3.08. The van der Waals surface area contributed by atoms with Crippen LogP contribution in [0.15, 0.2) is 36.5 Å². The number of likely N-dealkylation sites (tertiary alicyclic amines) is 1. The van der Waals surface area contributed by atoms with E-state index in [4.69, 9.17) is 0 Å². The standard InChI is InChI=1S/C13H14N2O3/c1-10(14-9-8-13(14)16)2-3-11-4-6-12(7-5-11)15(17)18/h4-7H,1-3,8-9H2. The van der Waals surface area contributed by atoms with Crippen molar-refractivity contribution in [1.29, 1.82) is 0 Å². The van der Waals surface area contributed by atoms with Crippen molar-refractivity contribution in [1.82, 2.24) is 4.90 Å². The molecule has 1 aromatic rings. The van der Waals surface area contributed by atoms with E-state index < -0.39 is 4.92 Å². The number of β-lactam (4-membered cyclic amide) rings is 1. The van der Waals surface area contributed by atoms with Gasteiger partial charge in [-0.15, -0.1) is 0 Å². The normalized spacial score (nSPS) is 14.2. The van der Waals surface area contributed by atoms with Crippen LogP contribution in [0.1, 0.15) is 18.4 Å². The summed E-state index contributed by atoms with van der Waals surface area (Å²) in [7, 11) is 0. The number of nitrogens with zero attached hydrogens (tertiary/aromatic N) is 2. The Kier molecular flexibility index (Phi) is 3.41. The number of rotatable bonds is 5. The molecule has 0 bridgehead atoms. The largest absolute Gasteiger partial charge is 0.316 e. The van der Waals surface area contributed by atoms with Gasteiger partial charge in [-0.25, -0.2) is 0 Å². The van der Waals surface area contributed by atoms with Gasteiger partial charge in [0.15, 0.2) is 0 Å². The van der Waals surface area contributed by atoms with E-state index in [2.05, 4.69) is 6.58 Å². The maximum Gasteiger partial charge on any atom is 0.269 e. The van der Waals surface area contributed by atoms with E-state index in [0.717, 1.165) is 24.2 Å². The molecular formula is C13H14N2O3. The fraction of sp³-hybridized carbons (Fsp3) is 0.308. The predicted octanol–water partition coefficient (Wildman–Crippen LogP) is 2.27. The van der Waals surface area contributed by atoms with Gasteiger partial charge in [0.05, 0.1) is 4.92 Å². The molecule has 0 aromatic heterocycles. The predicted molar refractivity (Wildman–Crippen MR) is 66.9 cm³/mol. The summed E-state index contributed by atoms with van der Waals surface area (Å²) >= 11 is 0. The lowest BCUT2D eigenvalue weighted by Crippen LogP contribution is -2.42. The number of non-ortho nitro benzene ring substituents is 1. The van der Waals surface area contributed by atoms with E-state index in [1.807, 2.05) is 0 Å². The van der Waals surface area contributed by atoms with E-state index in [9.17, 15) is 14.9 Å². The van der Waals surface area contributed by atoms with Crippen LogP contribution in [0, 0.1) is 10.1 Å². The molecule has 1 aliphatic rings. The molecule has 1 aromatic carbocycles. The molecule has 5 heteroatoms. The summed E-state index contributed by atoms with van der Waals surface area (Å²) in [6, 6.07) is 6.46. The maximum absolute atomic E-state index is 11.2. The number of allylic oxidation sites excluding steroid dienone is 1. The molecule has 1 fully saturated rings. The Hall–Kier alpha value is -2.17. The third kappa shape index (κ3) is 2.56. The average molecular weight is 246 g/mol. The van der Waals surface area contributed by atoms with Gasteiger partial charge < -0.3 is 4.90 Å². The molecule has 0 radical (unpaired) electrons. The topological polar surface area (TPSA) is 63.5 Å². The molecule has 0 aliphatic carbocycles. The zero-order chi connectivity index (χ0) is 13.1. The Labute approximate surface area is 105 Å². The van der Waals surface area contributed by atoms with Crippen molar-refractivity contribution in [3.63, 3.8) is 0 Å². The smallest absolute Gasteiger partial charge is 0.269 e. The lowest BCUT2D eigenvalue weighted by Gasteiger charge is -2.32. The van der Waals surface area contributed by atoms with E-state index in [1.165, 1.54) is 12.1 Å². The van der Waals surface area contributed by atoms with Crippen LogP contribution in [0.25, 0.3) is 0 Å². The molecule has 2 rings (SSSR count). The second-order valence-corrected chi connectivity index (χ2v) is 4.29. The lowest BCUT2D eigenvalue weighted by atomic mass is 10.1. The highest BCUT2D eigenvalue weighted by Gasteiger charge is 2.25. The van der Waals surface area contributed by atoms with Gasteiger partial charge in [-0.3, -0.25) is 14.9 Å². The summed E-state index contributed by atoms with van der Waals surface area (Å²) in [6.07, 6.45) is 2.04. The second-order valence-electron chi connectivity index (χ2n) is 4.29. The molecule has 0 saturated carbocycles. The number of benzene rings is 1. The minimum absolute atomic E-state index is 0.0931. The minimum Gasteiger partial charge on any atom is -0.316 e. The number of hydrogen-bond acceptors (Lipinski definition) is 3. The van der Waals surface area contributed by atoms with Crippen LogP contribution in [0.2, 0.25) is 0 Å². The van der Waals surface area contributed by atoms with Crippen molar-refractivity contribution in [2.45, 2.75) is 19.3 Å². The Morgan fingerprint density at radius 3 is 2.50 bits per heavy atom. The van der Waals surface area contributed by atoms with Crippen LogP contribution in [0.4, 0.5) is 5.69 Å². The van der Waals surface area contributed by atoms with Crippen LogP contribution in [0.3, 0.4) is 0 Å². The highest BCUT2D eigenvalue weighted by molar-refractivity contribution is 5.83. The molecule has 1 amide bonds. The van der Waals surface area contributed by atoms with Gasteiger partial charge in [0, 0.05) is 30.8 Å². The zero-order valence-corrected chi connectivity index (χ0v) is 9.96. The summed E-state index contributed by atoms with van der Waals surface area (Å²) in [6.45, 7) is 4.65. The summed E-state index contributed by atoms with van der Waals surface area (Å²) in [5, 5.41) is 10.5. The molecule has 18 heavy (non-hydrogen) atoms. The zero-order valence-electron chi connectivity index (χ0n) is 9.96. The van der Waals surface area contributed by atoms with Gasteiger partial charge in [-0.05, 0) is 18.4 Å². The fourth-order valence-corrected chi connectivity index (χ4v) is 1.86. The van der Waals surface area contributed by atoms with Gasteiger partial charge in [0.2, 0.25) is 5.91 Å². The number of aryl methyl sites for hydroxylation is 1. The molecular weight excluding hydrogens is 232 g/mol. The summed E-state index contributed by atoms with van der Waals surface area (Å²) < 4.78 is 0. The first-order valence-electron chi connectivity index (χ1n) is 5.79. The monoisotopic (exact) mass is 246 g/mol. The molecule has 5 nitrogen and oxygen atoms in total. The average Bonchev–Trinajstić information content (AvgIpc) is 2.35. The number of nitro benzene ring substituents is 1. The molecule has 0 atom stereocenters. The highest BCUT2D eigenvalue weighted by Crippen LogP contribution is 2.20. The third-order valence-corrected chi connectivity index (χ3v) is 3.08. The van der Waals surface area contributed by atoms with Crippen LogP contribution in [-0.4, -0.2) is 22.3 Å². The van der Waals surface area contributed by atoms with Gasteiger partial charge in [-0.2, -0.15) is 0 Å². The highest BCUT2D eigenvalue weighted by atomic mass is 16.6. The lowest BCUT2D eigenvalue weighted by molar-refractivity contribution is -0.384. The van der Waals surface area contributed by atoms with E-state index in [0.29, 0.717) is 12.8 Å². The van der Waals surface area contributed by atoms with Gasteiger partial charge in [0.25, 0.3) is 5.69 Å². The van der Waals surface area contributed by atoms with Crippen LogP contribution in [0.5, 0.6) is 0 Å². The van der Waals surface area contributed by atoms with E-state index in [-0.39, 0.29) is 11.6 Å². The number of carbonyl (C=O) groups excluding carboxylic acids is 1. The van der Waals surface area contributed by atoms with E-state index in [1.54, 1.807) is 17.0 Å². The van der Waals surface area contributed by atoms with Gasteiger partial charge >= 0.3 is 0 Å². The molecule has 1 heterocycles. The maximum atomic E-state index is 11.2.